The van der Waals surface area contributed by atoms with Crippen LogP contribution in [-0.2, 0) is 16.7 Å². The molecule has 0 bridgehead atoms. The lowest BCUT2D eigenvalue weighted by Crippen LogP contribution is -2.36. The molecule has 0 atom stereocenters. The van der Waals surface area contributed by atoms with Crippen molar-refractivity contribution in [1.29, 1.82) is 0 Å². The van der Waals surface area contributed by atoms with E-state index in [4.69, 9.17) is 15.0 Å². The standard InChI is InChI=1S/C18H19N5O2/c19-12-13-4-3-5-14(21-13)16-22-17(23-25-16)18(7-10-24-11-8-18)15-6-1-2-9-20-15/h1-6,9H,7-8,10-12,19H2. The number of hydrogen-bond acceptors (Lipinski definition) is 7. The molecule has 7 nitrogen and oxygen atoms in total. The molecule has 25 heavy (non-hydrogen) atoms. The van der Waals surface area contributed by atoms with Gasteiger partial charge in [0.2, 0.25) is 0 Å². The summed E-state index contributed by atoms with van der Waals surface area (Å²) in [5.41, 5.74) is 7.62. The van der Waals surface area contributed by atoms with Gasteiger partial charge in [-0.3, -0.25) is 4.98 Å². The maximum atomic E-state index is 5.66. The van der Waals surface area contributed by atoms with Crippen molar-refractivity contribution in [3.05, 3.63) is 59.8 Å². The minimum absolute atomic E-state index is 0.365. The van der Waals surface area contributed by atoms with E-state index in [0.29, 0.717) is 37.2 Å². The lowest BCUT2D eigenvalue weighted by molar-refractivity contribution is 0.0584. The molecule has 3 aromatic heterocycles. The molecular weight excluding hydrogens is 318 g/mol. The normalized spacial score (nSPS) is 16.7. The van der Waals surface area contributed by atoms with Gasteiger partial charge in [-0.2, -0.15) is 4.98 Å². The van der Waals surface area contributed by atoms with Crippen LogP contribution in [-0.4, -0.2) is 33.3 Å². The van der Waals surface area contributed by atoms with Crippen LogP contribution in [0.3, 0.4) is 0 Å². The molecule has 0 saturated carbocycles. The highest BCUT2D eigenvalue weighted by Gasteiger charge is 2.42. The Labute approximate surface area is 145 Å². The lowest BCUT2D eigenvalue weighted by atomic mass is 9.76. The van der Waals surface area contributed by atoms with E-state index >= 15 is 0 Å². The Morgan fingerprint density at radius 3 is 2.68 bits per heavy atom. The summed E-state index contributed by atoms with van der Waals surface area (Å²) in [7, 11) is 0. The topological polar surface area (TPSA) is 100.0 Å². The first kappa shape index (κ1) is 15.9. The third kappa shape index (κ3) is 2.92. The molecule has 2 N–H and O–H groups in total. The summed E-state index contributed by atoms with van der Waals surface area (Å²) in [5.74, 6) is 1.02. The number of pyridine rings is 2. The summed E-state index contributed by atoms with van der Waals surface area (Å²) in [4.78, 5) is 13.7. The first-order valence-electron chi connectivity index (χ1n) is 8.32. The van der Waals surface area contributed by atoms with Gasteiger partial charge in [0.25, 0.3) is 5.89 Å². The van der Waals surface area contributed by atoms with E-state index in [9.17, 15) is 0 Å². The van der Waals surface area contributed by atoms with Crippen molar-refractivity contribution in [3.8, 4) is 11.6 Å². The van der Waals surface area contributed by atoms with Crippen LogP contribution in [0.2, 0.25) is 0 Å². The first-order valence-corrected chi connectivity index (χ1v) is 8.32. The van der Waals surface area contributed by atoms with Gasteiger partial charge < -0.3 is 15.0 Å². The van der Waals surface area contributed by atoms with Crippen LogP contribution in [0.25, 0.3) is 11.6 Å². The minimum atomic E-state index is -0.396. The number of nitrogens with zero attached hydrogens (tertiary/aromatic N) is 4. The van der Waals surface area contributed by atoms with E-state index in [2.05, 4.69) is 20.1 Å². The molecule has 7 heteroatoms. The Hall–Kier alpha value is -2.64. The summed E-state index contributed by atoms with van der Waals surface area (Å²) < 4.78 is 11.1. The fraction of sp³-hybridized carbons (Fsp3) is 0.333. The van der Waals surface area contributed by atoms with Crippen LogP contribution in [0.5, 0.6) is 0 Å². The zero-order valence-electron chi connectivity index (χ0n) is 13.8. The van der Waals surface area contributed by atoms with Crippen molar-refractivity contribution < 1.29 is 9.26 Å². The van der Waals surface area contributed by atoms with Gasteiger partial charge in [0.1, 0.15) is 5.69 Å². The average Bonchev–Trinajstić information content (AvgIpc) is 3.20. The van der Waals surface area contributed by atoms with E-state index in [1.54, 1.807) is 6.20 Å². The first-order chi connectivity index (χ1) is 12.3. The summed E-state index contributed by atoms with van der Waals surface area (Å²) in [5, 5.41) is 4.27. The molecule has 128 valence electrons. The highest BCUT2D eigenvalue weighted by molar-refractivity contribution is 5.47. The number of rotatable bonds is 4. The second-order valence-electron chi connectivity index (χ2n) is 6.05. The van der Waals surface area contributed by atoms with Crippen molar-refractivity contribution in [3.63, 3.8) is 0 Å². The predicted molar refractivity (Wildman–Crippen MR) is 90.5 cm³/mol. The zero-order chi connectivity index (χ0) is 17.1. The molecule has 4 rings (SSSR count). The zero-order valence-corrected chi connectivity index (χ0v) is 13.8. The highest BCUT2D eigenvalue weighted by Crippen LogP contribution is 2.39. The van der Waals surface area contributed by atoms with Gasteiger partial charge in [0, 0.05) is 26.0 Å². The number of hydrogen-bond donors (Lipinski definition) is 1. The monoisotopic (exact) mass is 337 g/mol. The van der Waals surface area contributed by atoms with E-state index in [0.717, 1.165) is 24.2 Å². The van der Waals surface area contributed by atoms with Crippen molar-refractivity contribution in [2.24, 2.45) is 5.73 Å². The molecule has 1 saturated heterocycles. The second kappa shape index (κ2) is 6.70. The summed E-state index contributed by atoms with van der Waals surface area (Å²) in [6.07, 6.45) is 3.32. The largest absolute Gasteiger partial charge is 0.381 e. The third-order valence-corrected chi connectivity index (χ3v) is 4.59. The molecule has 0 aliphatic carbocycles. The second-order valence-corrected chi connectivity index (χ2v) is 6.05. The lowest BCUT2D eigenvalue weighted by Gasteiger charge is -2.33. The number of aromatic nitrogens is 4. The molecule has 4 heterocycles. The van der Waals surface area contributed by atoms with Crippen molar-refractivity contribution in [2.75, 3.05) is 13.2 Å². The Kier molecular flexibility index (Phi) is 4.25. The van der Waals surface area contributed by atoms with E-state index < -0.39 is 5.41 Å². The average molecular weight is 337 g/mol. The molecule has 0 spiro atoms. The molecule has 0 unspecified atom stereocenters. The van der Waals surface area contributed by atoms with Crippen LogP contribution >= 0.6 is 0 Å². The van der Waals surface area contributed by atoms with Crippen LogP contribution in [0.4, 0.5) is 0 Å². The Morgan fingerprint density at radius 2 is 1.92 bits per heavy atom. The van der Waals surface area contributed by atoms with Gasteiger partial charge in [-0.05, 0) is 37.1 Å². The highest BCUT2D eigenvalue weighted by atomic mass is 16.5. The van der Waals surface area contributed by atoms with Crippen LogP contribution in [0, 0.1) is 0 Å². The van der Waals surface area contributed by atoms with E-state index in [1.165, 1.54) is 0 Å². The Balaban J connectivity index is 1.75. The fourth-order valence-electron chi connectivity index (χ4n) is 3.19. The van der Waals surface area contributed by atoms with Gasteiger partial charge in [-0.25, -0.2) is 4.98 Å². The maximum absolute atomic E-state index is 5.66. The van der Waals surface area contributed by atoms with Crippen LogP contribution < -0.4 is 5.73 Å². The molecule has 1 fully saturated rings. The van der Waals surface area contributed by atoms with Crippen molar-refractivity contribution in [1.82, 2.24) is 20.1 Å². The van der Waals surface area contributed by atoms with Crippen LogP contribution in [0.1, 0.15) is 30.1 Å². The van der Waals surface area contributed by atoms with E-state index in [1.807, 2.05) is 36.4 Å². The smallest absolute Gasteiger partial charge is 0.276 e. The minimum Gasteiger partial charge on any atom is -0.381 e. The molecule has 0 aromatic carbocycles. The maximum Gasteiger partial charge on any atom is 0.276 e. The number of nitrogens with two attached hydrogens (primary N) is 1. The van der Waals surface area contributed by atoms with Gasteiger partial charge in [0.05, 0.1) is 16.8 Å². The fourth-order valence-corrected chi connectivity index (χ4v) is 3.19. The molecule has 1 aliphatic heterocycles. The Morgan fingerprint density at radius 1 is 1.04 bits per heavy atom. The van der Waals surface area contributed by atoms with E-state index in [-0.39, 0.29) is 0 Å². The van der Waals surface area contributed by atoms with Gasteiger partial charge in [-0.1, -0.05) is 17.3 Å². The van der Waals surface area contributed by atoms with Gasteiger partial charge >= 0.3 is 0 Å². The summed E-state index contributed by atoms with van der Waals surface area (Å²) >= 11 is 0. The summed E-state index contributed by atoms with van der Waals surface area (Å²) in [6.45, 7) is 1.65. The molecule has 3 aromatic rings. The quantitative estimate of drug-likeness (QED) is 0.778. The summed E-state index contributed by atoms with van der Waals surface area (Å²) in [6, 6.07) is 11.5. The molecule has 0 radical (unpaired) electrons. The molecule has 0 amide bonds. The third-order valence-electron chi connectivity index (χ3n) is 4.59. The van der Waals surface area contributed by atoms with Gasteiger partial charge in [0.15, 0.2) is 5.82 Å². The Bertz CT molecular complexity index is 843. The molecule has 1 aliphatic rings. The van der Waals surface area contributed by atoms with Crippen molar-refractivity contribution >= 4 is 0 Å². The van der Waals surface area contributed by atoms with Crippen molar-refractivity contribution in [2.45, 2.75) is 24.8 Å². The van der Waals surface area contributed by atoms with Crippen LogP contribution in [0.15, 0.2) is 47.1 Å². The SMILES string of the molecule is NCc1cccc(-c2nc(C3(c4ccccn4)CCOCC3)no2)n1. The van der Waals surface area contributed by atoms with Gasteiger partial charge in [-0.15, -0.1) is 0 Å². The number of ether oxygens (including phenoxy) is 1. The molecular formula is C18H19N5O2. The predicted octanol–water partition coefficient (Wildman–Crippen LogP) is 2.08.